The average molecular weight is 537 g/mol. The predicted molar refractivity (Wildman–Crippen MR) is 135 cm³/mol. The molecule has 1 heterocycles. The minimum Gasteiger partial charge on any atom is -0.359 e. The van der Waals surface area contributed by atoms with Crippen LogP contribution in [0.15, 0.2) is 47.3 Å². The van der Waals surface area contributed by atoms with Crippen molar-refractivity contribution in [3.05, 3.63) is 52.9 Å². The highest BCUT2D eigenvalue weighted by atomic mass is 32.1. The zero-order chi connectivity index (χ0) is 27.9. The Labute approximate surface area is 218 Å². The summed E-state index contributed by atoms with van der Waals surface area (Å²) in [4.78, 5) is 27.8. The number of nitrogens with zero attached hydrogens (tertiary/aromatic N) is 3. The van der Waals surface area contributed by atoms with Gasteiger partial charge in [-0.1, -0.05) is 32.1 Å². The number of carbonyl (C=O) groups excluding carboxylic acids is 2. The van der Waals surface area contributed by atoms with E-state index < -0.39 is 46.1 Å². The third-order valence-electron chi connectivity index (χ3n) is 6.84. The van der Waals surface area contributed by atoms with Gasteiger partial charge in [-0.05, 0) is 63.0 Å². The van der Waals surface area contributed by atoms with Crippen molar-refractivity contribution < 1.29 is 27.2 Å². The summed E-state index contributed by atoms with van der Waals surface area (Å²) < 4.78 is 55.9. The van der Waals surface area contributed by atoms with Gasteiger partial charge in [0, 0.05) is 18.2 Å². The second-order valence-electron chi connectivity index (χ2n) is 10.2. The Morgan fingerprint density at radius 2 is 1.84 bits per heavy atom. The first-order valence-corrected chi connectivity index (χ1v) is 12.0. The summed E-state index contributed by atoms with van der Waals surface area (Å²) in [5.74, 6) is -2.32. The Balaban J connectivity index is 1.90. The van der Waals surface area contributed by atoms with Crippen molar-refractivity contribution in [1.29, 1.82) is 5.26 Å². The van der Waals surface area contributed by atoms with Crippen LogP contribution in [0.2, 0.25) is 0 Å². The number of benzene rings is 1. The normalized spacial score (nSPS) is 20.2. The predicted octanol–water partition coefficient (Wildman–Crippen LogP) is 5.11. The number of carbonyl (C=O) groups is 2. The van der Waals surface area contributed by atoms with Gasteiger partial charge in [-0.3, -0.25) is 14.5 Å². The lowest BCUT2D eigenvalue weighted by Crippen LogP contribution is -2.45. The number of thiocarbonyl (C=S) groups is 1. The van der Waals surface area contributed by atoms with Crippen molar-refractivity contribution in [3.8, 4) is 6.07 Å². The number of rotatable bonds is 6. The number of hydrogen-bond donors (Lipinski definition) is 1. The smallest absolute Gasteiger partial charge is 0.359 e. The SMILES string of the molecule is CNC(=O)C(C)(C)CCc1ccc(N2C(=S)N(C3CC=C(C#N)C(C(F)(F)F)=C3F)C(=O)C2(C)C)cc1. The first kappa shape index (κ1) is 28.3. The number of halogens is 4. The van der Waals surface area contributed by atoms with Gasteiger partial charge in [0.15, 0.2) is 5.11 Å². The lowest BCUT2D eigenvalue weighted by molar-refractivity contribution is -0.131. The maximum absolute atomic E-state index is 15.2. The molecule has 6 nitrogen and oxygen atoms in total. The molecular weight excluding hydrogens is 508 g/mol. The fourth-order valence-corrected chi connectivity index (χ4v) is 5.14. The monoisotopic (exact) mass is 536 g/mol. The van der Waals surface area contributed by atoms with Crippen molar-refractivity contribution in [2.24, 2.45) is 5.41 Å². The third-order valence-corrected chi connectivity index (χ3v) is 7.21. The molecule has 37 heavy (non-hydrogen) atoms. The van der Waals surface area contributed by atoms with Gasteiger partial charge in [0.1, 0.15) is 16.9 Å². The highest BCUT2D eigenvalue weighted by molar-refractivity contribution is 7.80. The van der Waals surface area contributed by atoms with E-state index in [-0.39, 0.29) is 17.4 Å². The first-order valence-electron chi connectivity index (χ1n) is 11.6. The molecule has 198 valence electrons. The number of hydrogen-bond acceptors (Lipinski definition) is 4. The third kappa shape index (κ3) is 5.12. The maximum Gasteiger partial charge on any atom is 0.420 e. The Hall–Kier alpha value is -3.26. The van der Waals surface area contributed by atoms with Crippen LogP contribution in [-0.2, 0) is 16.0 Å². The van der Waals surface area contributed by atoms with Gasteiger partial charge in [0.25, 0.3) is 5.91 Å². The van der Waals surface area contributed by atoms with E-state index in [1.54, 1.807) is 33.0 Å². The summed E-state index contributed by atoms with van der Waals surface area (Å²) in [6.07, 6.45) is -3.22. The van der Waals surface area contributed by atoms with E-state index in [2.05, 4.69) is 5.32 Å². The van der Waals surface area contributed by atoms with Gasteiger partial charge in [-0.15, -0.1) is 0 Å². The molecule has 1 N–H and O–H groups in total. The number of allylic oxidation sites excluding steroid dienone is 2. The highest BCUT2D eigenvalue weighted by Gasteiger charge is 2.54. The molecular formula is C26H28F4N4O2S. The zero-order valence-electron chi connectivity index (χ0n) is 21.2. The van der Waals surface area contributed by atoms with Gasteiger partial charge in [0.05, 0.1) is 17.7 Å². The van der Waals surface area contributed by atoms with Crippen LogP contribution in [0.1, 0.15) is 46.1 Å². The molecule has 0 radical (unpaired) electrons. The molecule has 0 spiro atoms. The summed E-state index contributed by atoms with van der Waals surface area (Å²) in [5, 5.41) is 11.6. The Morgan fingerprint density at radius 1 is 1.24 bits per heavy atom. The fraction of sp³-hybridized carbons (Fsp3) is 0.462. The molecule has 1 aromatic rings. The van der Waals surface area contributed by atoms with Crippen LogP contribution in [0, 0.1) is 16.7 Å². The number of nitriles is 1. The lowest BCUT2D eigenvalue weighted by atomic mass is 9.85. The van der Waals surface area contributed by atoms with Crippen molar-refractivity contribution in [2.45, 2.75) is 64.7 Å². The number of anilines is 1. The van der Waals surface area contributed by atoms with Crippen LogP contribution in [-0.4, -0.2) is 46.6 Å². The maximum atomic E-state index is 15.2. The Kier molecular flexibility index (Phi) is 7.57. The van der Waals surface area contributed by atoms with E-state index in [0.29, 0.717) is 18.5 Å². The summed E-state index contributed by atoms with van der Waals surface area (Å²) >= 11 is 5.50. The summed E-state index contributed by atoms with van der Waals surface area (Å²) in [7, 11) is 1.59. The van der Waals surface area contributed by atoms with Crippen LogP contribution in [0.3, 0.4) is 0 Å². The molecule has 1 aromatic carbocycles. The highest BCUT2D eigenvalue weighted by Crippen LogP contribution is 2.43. The average Bonchev–Trinajstić information content (AvgIpc) is 3.00. The second kappa shape index (κ2) is 9.89. The molecule has 1 aliphatic heterocycles. The van der Waals surface area contributed by atoms with E-state index in [9.17, 15) is 22.8 Å². The van der Waals surface area contributed by atoms with E-state index in [0.717, 1.165) is 16.5 Å². The van der Waals surface area contributed by atoms with Crippen molar-refractivity contribution in [2.75, 3.05) is 11.9 Å². The van der Waals surface area contributed by atoms with Crippen molar-refractivity contribution in [1.82, 2.24) is 10.2 Å². The summed E-state index contributed by atoms with van der Waals surface area (Å²) in [6.45, 7) is 6.83. The van der Waals surface area contributed by atoms with E-state index in [4.69, 9.17) is 17.5 Å². The van der Waals surface area contributed by atoms with Crippen LogP contribution >= 0.6 is 12.2 Å². The van der Waals surface area contributed by atoms with Gasteiger partial charge in [0.2, 0.25) is 5.91 Å². The standard InChI is InChI=1S/C26H28F4N4O2S/c1-24(2,21(35)32-5)13-12-15-6-9-17(10-7-15)34-23(37)33(22(36)25(34,3)4)18-11-8-16(14-31)19(20(18)27)26(28,29)30/h6-10,18H,11-13H2,1-5H3,(H,32,35). The molecule has 2 aliphatic rings. The molecule has 2 amide bonds. The topological polar surface area (TPSA) is 76.4 Å². The molecule has 1 atom stereocenters. The lowest BCUT2D eigenvalue weighted by Gasteiger charge is -2.31. The molecule has 11 heteroatoms. The zero-order valence-corrected chi connectivity index (χ0v) is 22.0. The number of aryl methyl sites for hydroxylation is 1. The minimum absolute atomic E-state index is 0.0682. The quantitative estimate of drug-likeness (QED) is 0.404. The Bertz CT molecular complexity index is 1230. The van der Waals surface area contributed by atoms with Crippen molar-refractivity contribution >= 4 is 34.8 Å². The van der Waals surface area contributed by atoms with E-state index in [1.165, 1.54) is 11.0 Å². The van der Waals surface area contributed by atoms with Crippen LogP contribution in [0.5, 0.6) is 0 Å². The van der Waals surface area contributed by atoms with Gasteiger partial charge in [-0.2, -0.15) is 18.4 Å². The number of alkyl halides is 3. The Morgan fingerprint density at radius 3 is 2.35 bits per heavy atom. The first-order chi connectivity index (χ1) is 17.1. The van der Waals surface area contributed by atoms with E-state index >= 15 is 4.39 Å². The molecule has 0 bridgehead atoms. The molecule has 0 saturated carbocycles. The van der Waals surface area contributed by atoms with Crippen LogP contribution in [0.4, 0.5) is 23.2 Å². The summed E-state index contributed by atoms with van der Waals surface area (Å²) in [5.41, 5.74) is -2.89. The molecule has 3 rings (SSSR count). The van der Waals surface area contributed by atoms with Gasteiger partial charge < -0.3 is 10.2 Å². The van der Waals surface area contributed by atoms with Crippen LogP contribution in [0.25, 0.3) is 0 Å². The number of nitrogens with one attached hydrogen (secondary N) is 1. The molecule has 0 aromatic heterocycles. The summed E-state index contributed by atoms with van der Waals surface area (Å²) in [6, 6.07) is 6.89. The fourth-order valence-electron chi connectivity index (χ4n) is 4.59. The molecule has 1 saturated heterocycles. The van der Waals surface area contributed by atoms with Gasteiger partial charge in [-0.25, -0.2) is 4.39 Å². The van der Waals surface area contributed by atoms with Gasteiger partial charge >= 0.3 is 6.18 Å². The second-order valence-corrected chi connectivity index (χ2v) is 10.5. The molecule has 1 unspecified atom stereocenters. The van der Waals surface area contributed by atoms with E-state index in [1.807, 2.05) is 26.0 Å². The molecule has 1 fully saturated rings. The van der Waals surface area contributed by atoms with Crippen molar-refractivity contribution in [3.63, 3.8) is 0 Å². The largest absolute Gasteiger partial charge is 0.420 e. The number of amides is 2. The van der Waals surface area contributed by atoms with Crippen LogP contribution < -0.4 is 10.2 Å². The minimum atomic E-state index is -5.11. The molecule has 1 aliphatic carbocycles.